The number of carbonyl (C=O) groups excluding carboxylic acids is 3. The number of primary amides is 1. The van der Waals surface area contributed by atoms with Crippen molar-refractivity contribution < 1.29 is 28.7 Å². The number of oxime groups is 1. The van der Waals surface area contributed by atoms with E-state index in [1.807, 2.05) is 0 Å². The molecule has 0 heterocycles. The Kier molecular flexibility index (Phi) is 5.68. The Morgan fingerprint density at radius 3 is 1.90 bits per heavy atom. The quantitative estimate of drug-likeness (QED) is 0.333. The fourth-order valence-electron chi connectivity index (χ4n) is 0.878. The maximum Gasteiger partial charge on any atom is 0.365 e. The van der Waals surface area contributed by atoms with E-state index in [9.17, 15) is 14.4 Å². The number of amides is 1. The van der Waals surface area contributed by atoms with Crippen molar-refractivity contribution in [3.63, 3.8) is 0 Å². The van der Waals surface area contributed by atoms with Crippen LogP contribution in [-0.4, -0.2) is 41.9 Å². The third-order valence-electron chi connectivity index (χ3n) is 1.87. The Morgan fingerprint density at radius 1 is 1.05 bits per heavy atom. The second-order valence-corrected chi connectivity index (χ2v) is 5.40. The maximum atomic E-state index is 11.9. The highest BCUT2D eigenvalue weighted by Crippen LogP contribution is 2.17. The summed E-state index contributed by atoms with van der Waals surface area (Å²) in [5, 5.41) is 3.28. The number of nitrogens with zero attached hydrogens (tertiary/aromatic N) is 1. The minimum Gasteiger partial charge on any atom is -0.464 e. The van der Waals surface area contributed by atoms with Crippen LogP contribution in [0.2, 0.25) is 0 Å². The zero-order valence-corrected chi connectivity index (χ0v) is 12.5. The number of nitrogens with two attached hydrogens (primary N) is 1. The van der Waals surface area contributed by atoms with Crippen molar-refractivity contribution in [2.45, 2.75) is 45.8 Å². The average Bonchev–Trinajstić information content (AvgIpc) is 2.25. The van der Waals surface area contributed by atoms with Crippen molar-refractivity contribution >= 4 is 23.6 Å². The Bertz CT molecular complexity index is 434. The third kappa shape index (κ3) is 5.68. The SMILES string of the molecule is COC(=O)C(=NOC(C)(C)C(=O)OC(C)(C)C)C(N)=O. The topological polar surface area (TPSA) is 117 Å². The molecule has 1 amide bonds. The zero-order valence-electron chi connectivity index (χ0n) is 12.5. The smallest absolute Gasteiger partial charge is 0.365 e. The largest absolute Gasteiger partial charge is 0.464 e. The molecule has 20 heavy (non-hydrogen) atoms. The standard InChI is InChI=1S/C12H20N2O6/c1-11(2,3)19-10(17)12(4,5)20-14-7(8(13)15)9(16)18-6/h1-6H3,(H2,13,15). The van der Waals surface area contributed by atoms with Crippen molar-refractivity contribution in [1.82, 2.24) is 0 Å². The minimum absolute atomic E-state index is 0.706. The van der Waals surface area contributed by atoms with Crippen LogP contribution in [0.15, 0.2) is 5.16 Å². The lowest BCUT2D eigenvalue weighted by molar-refractivity contribution is -0.179. The molecule has 2 N–H and O–H groups in total. The van der Waals surface area contributed by atoms with Crippen molar-refractivity contribution in [1.29, 1.82) is 0 Å². The molecular formula is C12H20N2O6. The number of hydrogen-bond acceptors (Lipinski definition) is 7. The molecule has 0 aromatic rings. The van der Waals surface area contributed by atoms with Gasteiger partial charge in [0.25, 0.3) is 11.6 Å². The van der Waals surface area contributed by atoms with Crippen LogP contribution in [0.25, 0.3) is 0 Å². The van der Waals surface area contributed by atoms with Gasteiger partial charge in [-0.15, -0.1) is 0 Å². The van der Waals surface area contributed by atoms with Crippen LogP contribution in [0.3, 0.4) is 0 Å². The fourth-order valence-corrected chi connectivity index (χ4v) is 0.878. The van der Waals surface area contributed by atoms with E-state index in [4.69, 9.17) is 15.3 Å². The molecule has 0 aliphatic carbocycles. The van der Waals surface area contributed by atoms with Gasteiger partial charge in [0.05, 0.1) is 7.11 Å². The molecule has 0 aliphatic rings. The number of carbonyl (C=O) groups is 3. The summed E-state index contributed by atoms with van der Waals surface area (Å²) >= 11 is 0. The molecular weight excluding hydrogens is 268 g/mol. The summed E-state index contributed by atoms with van der Waals surface area (Å²) in [5.74, 6) is -2.89. The van der Waals surface area contributed by atoms with E-state index in [1.54, 1.807) is 20.8 Å². The molecule has 0 aromatic carbocycles. The van der Waals surface area contributed by atoms with Gasteiger partial charge in [-0.05, 0) is 34.6 Å². The van der Waals surface area contributed by atoms with Gasteiger partial charge < -0.3 is 20.0 Å². The summed E-state index contributed by atoms with van der Waals surface area (Å²) in [6.45, 7) is 7.82. The van der Waals surface area contributed by atoms with E-state index in [2.05, 4.69) is 9.89 Å². The molecule has 0 bridgehead atoms. The molecule has 114 valence electrons. The molecule has 0 unspecified atom stereocenters. The predicted octanol–water partition coefficient (Wildman–Crippen LogP) is 0.138. The van der Waals surface area contributed by atoms with Gasteiger partial charge >= 0.3 is 11.9 Å². The van der Waals surface area contributed by atoms with Crippen LogP contribution in [0.4, 0.5) is 0 Å². The van der Waals surface area contributed by atoms with Crippen molar-refractivity contribution in [3.8, 4) is 0 Å². The first kappa shape index (κ1) is 17.9. The van der Waals surface area contributed by atoms with E-state index < -0.39 is 34.8 Å². The zero-order chi connectivity index (χ0) is 16.1. The molecule has 0 spiro atoms. The van der Waals surface area contributed by atoms with E-state index >= 15 is 0 Å². The summed E-state index contributed by atoms with van der Waals surface area (Å²) in [7, 11) is 1.06. The summed E-state index contributed by atoms with van der Waals surface area (Å²) in [6, 6.07) is 0. The van der Waals surface area contributed by atoms with Gasteiger partial charge in [0.15, 0.2) is 0 Å². The van der Waals surface area contributed by atoms with Crippen LogP contribution < -0.4 is 5.73 Å². The highest BCUT2D eigenvalue weighted by Gasteiger charge is 2.36. The maximum absolute atomic E-state index is 11.9. The van der Waals surface area contributed by atoms with Gasteiger partial charge in [0.1, 0.15) is 5.60 Å². The average molecular weight is 288 g/mol. The normalized spacial score (nSPS) is 12.6. The molecule has 0 rings (SSSR count). The van der Waals surface area contributed by atoms with E-state index in [-0.39, 0.29) is 0 Å². The van der Waals surface area contributed by atoms with Gasteiger partial charge in [-0.25, -0.2) is 9.59 Å². The lowest BCUT2D eigenvalue weighted by Gasteiger charge is -2.26. The van der Waals surface area contributed by atoms with Crippen LogP contribution in [0, 0.1) is 0 Å². The highest BCUT2D eigenvalue weighted by atomic mass is 16.7. The second-order valence-electron chi connectivity index (χ2n) is 5.40. The molecule has 0 saturated heterocycles. The predicted molar refractivity (Wildman–Crippen MR) is 69.7 cm³/mol. The summed E-state index contributed by atoms with van der Waals surface area (Å²) in [5.41, 5.74) is 2.00. The lowest BCUT2D eigenvalue weighted by Crippen LogP contribution is -2.41. The Balaban J connectivity index is 5.03. The van der Waals surface area contributed by atoms with E-state index in [0.717, 1.165) is 7.11 Å². The first-order chi connectivity index (χ1) is 8.90. The first-order valence-electron chi connectivity index (χ1n) is 5.78. The van der Waals surface area contributed by atoms with Crippen LogP contribution in [0.1, 0.15) is 34.6 Å². The van der Waals surface area contributed by atoms with Crippen molar-refractivity contribution in [2.24, 2.45) is 10.9 Å². The van der Waals surface area contributed by atoms with Crippen LogP contribution in [0.5, 0.6) is 0 Å². The van der Waals surface area contributed by atoms with E-state index in [0.29, 0.717) is 0 Å². The van der Waals surface area contributed by atoms with Gasteiger partial charge in [-0.2, -0.15) is 0 Å². The monoisotopic (exact) mass is 288 g/mol. The molecule has 0 atom stereocenters. The van der Waals surface area contributed by atoms with Gasteiger partial charge in [0.2, 0.25) is 5.60 Å². The number of hydrogen-bond donors (Lipinski definition) is 1. The summed E-state index contributed by atoms with van der Waals surface area (Å²) in [4.78, 5) is 39.0. The first-order valence-corrected chi connectivity index (χ1v) is 5.78. The molecule has 0 radical (unpaired) electrons. The lowest BCUT2D eigenvalue weighted by atomic mass is 10.1. The van der Waals surface area contributed by atoms with E-state index in [1.165, 1.54) is 13.8 Å². The molecule has 0 aliphatic heterocycles. The summed E-state index contributed by atoms with van der Waals surface area (Å²) in [6.07, 6.45) is 0. The number of ether oxygens (including phenoxy) is 2. The van der Waals surface area contributed by atoms with Gasteiger partial charge in [-0.3, -0.25) is 4.79 Å². The van der Waals surface area contributed by atoms with Crippen LogP contribution >= 0.6 is 0 Å². The number of methoxy groups -OCH3 is 1. The summed E-state index contributed by atoms with van der Waals surface area (Å²) < 4.78 is 9.43. The molecule has 8 nitrogen and oxygen atoms in total. The molecule has 0 saturated carbocycles. The Hall–Kier alpha value is -2.12. The van der Waals surface area contributed by atoms with Crippen molar-refractivity contribution in [3.05, 3.63) is 0 Å². The molecule has 0 fully saturated rings. The fraction of sp³-hybridized carbons (Fsp3) is 0.667. The number of rotatable bonds is 5. The highest BCUT2D eigenvalue weighted by molar-refractivity contribution is 6.63. The van der Waals surface area contributed by atoms with Crippen LogP contribution in [-0.2, 0) is 28.7 Å². The molecule has 8 heteroatoms. The van der Waals surface area contributed by atoms with Gasteiger partial charge in [0, 0.05) is 0 Å². The Labute approximate surface area is 117 Å². The third-order valence-corrected chi connectivity index (χ3v) is 1.87. The minimum atomic E-state index is -1.50. The second kappa shape index (κ2) is 6.36. The Morgan fingerprint density at radius 2 is 1.55 bits per heavy atom. The van der Waals surface area contributed by atoms with Gasteiger partial charge in [-0.1, -0.05) is 5.16 Å². The van der Waals surface area contributed by atoms with Crippen molar-refractivity contribution in [2.75, 3.05) is 7.11 Å². The number of esters is 2. The molecule has 0 aromatic heterocycles.